The Morgan fingerprint density at radius 1 is 1.27 bits per heavy atom. The van der Waals surface area contributed by atoms with Crippen LogP contribution in [-0.4, -0.2) is 15.9 Å². The molecule has 1 aliphatic rings. The molecule has 0 bridgehead atoms. The standard InChI is InChI=1S/C11H9N4/c12-11-8(9-4-5-13-14-9)7-15-6-2-1-3-10(11)15/h1-7,12H,(H,13,14)/q+1. The molecule has 0 aliphatic carbocycles. The van der Waals surface area contributed by atoms with Gasteiger partial charge in [-0.25, -0.2) is 0 Å². The Morgan fingerprint density at radius 2 is 2.20 bits per heavy atom. The van der Waals surface area contributed by atoms with Gasteiger partial charge in [0, 0.05) is 18.3 Å². The fourth-order valence-electron chi connectivity index (χ4n) is 1.73. The van der Waals surface area contributed by atoms with Gasteiger partial charge in [0.2, 0.25) is 5.69 Å². The highest BCUT2D eigenvalue weighted by Gasteiger charge is 2.28. The predicted octanol–water partition coefficient (Wildman–Crippen LogP) is 1.08. The molecule has 2 aromatic heterocycles. The summed E-state index contributed by atoms with van der Waals surface area (Å²) in [6, 6.07) is 7.68. The third-order valence-electron chi connectivity index (χ3n) is 2.47. The van der Waals surface area contributed by atoms with Crippen molar-refractivity contribution in [3.8, 4) is 0 Å². The van der Waals surface area contributed by atoms with Crippen molar-refractivity contribution in [3.05, 3.63) is 48.0 Å². The van der Waals surface area contributed by atoms with E-state index in [1.165, 1.54) is 0 Å². The summed E-state index contributed by atoms with van der Waals surface area (Å²) in [4.78, 5) is 0. The largest absolute Gasteiger partial charge is 0.294 e. The van der Waals surface area contributed by atoms with Gasteiger partial charge in [-0.15, -0.1) is 0 Å². The van der Waals surface area contributed by atoms with Gasteiger partial charge >= 0.3 is 0 Å². The molecule has 0 saturated carbocycles. The maximum absolute atomic E-state index is 8.03. The molecule has 1 aliphatic heterocycles. The summed E-state index contributed by atoms with van der Waals surface area (Å²) >= 11 is 0. The highest BCUT2D eigenvalue weighted by atomic mass is 15.1. The molecular formula is C11H9N4+. The molecule has 15 heavy (non-hydrogen) atoms. The Morgan fingerprint density at radius 3 is 2.93 bits per heavy atom. The van der Waals surface area contributed by atoms with Crippen LogP contribution in [0, 0.1) is 5.41 Å². The number of rotatable bonds is 1. The third kappa shape index (κ3) is 1.11. The molecule has 2 N–H and O–H groups in total. The molecule has 0 amide bonds. The van der Waals surface area contributed by atoms with Gasteiger partial charge in [0.15, 0.2) is 12.4 Å². The topological polar surface area (TPSA) is 56.4 Å². The number of pyridine rings is 1. The maximum Gasteiger partial charge on any atom is 0.236 e. The lowest BCUT2D eigenvalue weighted by Crippen LogP contribution is -2.28. The number of hydrogen-bond acceptors (Lipinski definition) is 2. The third-order valence-corrected chi connectivity index (χ3v) is 2.47. The molecule has 3 rings (SSSR count). The SMILES string of the molecule is N=C1C(c2ccn[nH]2)=C[n+]2ccccc21. The molecule has 2 aromatic rings. The number of aromatic amines is 1. The smallest absolute Gasteiger partial charge is 0.236 e. The first-order valence-corrected chi connectivity index (χ1v) is 4.67. The molecule has 72 valence electrons. The first-order valence-electron chi connectivity index (χ1n) is 4.67. The van der Waals surface area contributed by atoms with E-state index in [-0.39, 0.29) is 0 Å². The van der Waals surface area contributed by atoms with Crippen LogP contribution >= 0.6 is 0 Å². The zero-order valence-corrected chi connectivity index (χ0v) is 7.94. The summed E-state index contributed by atoms with van der Waals surface area (Å²) in [5.74, 6) is 0. The molecule has 4 nitrogen and oxygen atoms in total. The van der Waals surface area contributed by atoms with Crippen molar-refractivity contribution in [2.75, 3.05) is 0 Å². The summed E-state index contributed by atoms with van der Waals surface area (Å²) in [6.45, 7) is 0. The van der Waals surface area contributed by atoms with E-state index < -0.39 is 0 Å². The van der Waals surface area contributed by atoms with Crippen LogP contribution in [0.25, 0.3) is 11.8 Å². The lowest BCUT2D eigenvalue weighted by atomic mass is 10.1. The minimum Gasteiger partial charge on any atom is -0.294 e. The summed E-state index contributed by atoms with van der Waals surface area (Å²) in [6.07, 6.45) is 5.57. The Hall–Kier alpha value is -2.23. The summed E-state index contributed by atoms with van der Waals surface area (Å²) in [5.41, 5.74) is 3.18. The number of H-pyrrole nitrogens is 1. The van der Waals surface area contributed by atoms with Crippen molar-refractivity contribution in [3.63, 3.8) is 0 Å². The molecule has 0 unspecified atom stereocenters. The Kier molecular flexibility index (Phi) is 1.56. The summed E-state index contributed by atoms with van der Waals surface area (Å²) in [5, 5.41) is 14.8. The second-order valence-electron chi connectivity index (χ2n) is 3.38. The fourth-order valence-corrected chi connectivity index (χ4v) is 1.73. The molecule has 0 saturated heterocycles. The second-order valence-corrected chi connectivity index (χ2v) is 3.38. The molecule has 0 radical (unpaired) electrons. The van der Waals surface area contributed by atoms with Crippen molar-refractivity contribution in [2.45, 2.75) is 0 Å². The van der Waals surface area contributed by atoms with Crippen LogP contribution in [0.15, 0.2) is 36.7 Å². The highest BCUT2D eigenvalue weighted by Crippen LogP contribution is 2.19. The number of hydrogen-bond donors (Lipinski definition) is 2. The van der Waals surface area contributed by atoms with Crippen LogP contribution in [0.1, 0.15) is 11.4 Å². The summed E-state index contributed by atoms with van der Waals surface area (Å²) < 4.78 is 1.94. The van der Waals surface area contributed by atoms with Crippen LogP contribution in [0.2, 0.25) is 0 Å². The van der Waals surface area contributed by atoms with Crippen LogP contribution in [-0.2, 0) is 0 Å². The number of aromatic nitrogens is 3. The summed E-state index contributed by atoms with van der Waals surface area (Å²) in [7, 11) is 0. The van der Waals surface area contributed by atoms with Gasteiger partial charge in [-0.2, -0.15) is 9.67 Å². The van der Waals surface area contributed by atoms with Crippen LogP contribution in [0.3, 0.4) is 0 Å². The molecule has 0 aromatic carbocycles. The van der Waals surface area contributed by atoms with E-state index in [1.54, 1.807) is 6.20 Å². The lowest BCUT2D eigenvalue weighted by molar-refractivity contribution is -0.566. The number of nitrogens with one attached hydrogen (secondary N) is 2. The van der Waals surface area contributed by atoms with Crippen molar-refractivity contribution in [1.82, 2.24) is 10.2 Å². The van der Waals surface area contributed by atoms with Crippen LogP contribution in [0.5, 0.6) is 0 Å². The Labute approximate surface area is 86.4 Å². The minimum absolute atomic E-state index is 0.528. The number of nitrogens with zero attached hydrogens (tertiary/aromatic N) is 2. The molecule has 3 heterocycles. The van der Waals surface area contributed by atoms with Crippen LogP contribution in [0.4, 0.5) is 0 Å². The van der Waals surface area contributed by atoms with Crippen LogP contribution < -0.4 is 4.57 Å². The quantitative estimate of drug-likeness (QED) is 0.660. The van der Waals surface area contributed by atoms with E-state index in [4.69, 9.17) is 5.41 Å². The van der Waals surface area contributed by atoms with E-state index >= 15 is 0 Å². The van der Waals surface area contributed by atoms with Gasteiger partial charge in [0.05, 0.1) is 11.3 Å². The molecule has 0 spiro atoms. The van der Waals surface area contributed by atoms with Gasteiger partial charge in [-0.1, -0.05) is 0 Å². The molecule has 0 fully saturated rings. The fraction of sp³-hybridized carbons (Fsp3) is 0. The first-order chi connectivity index (χ1) is 7.36. The predicted molar refractivity (Wildman–Crippen MR) is 56.2 cm³/mol. The van der Waals surface area contributed by atoms with Crippen molar-refractivity contribution >= 4 is 17.5 Å². The van der Waals surface area contributed by atoms with Gasteiger partial charge < -0.3 is 0 Å². The van der Waals surface area contributed by atoms with Crippen molar-refractivity contribution < 1.29 is 4.57 Å². The van der Waals surface area contributed by atoms with Crippen molar-refractivity contribution in [1.29, 1.82) is 5.41 Å². The zero-order chi connectivity index (χ0) is 10.3. The molecule has 4 heteroatoms. The van der Waals surface area contributed by atoms with Gasteiger partial charge in [0.25, 0.3) is 0 Å². The lowest BCUT2D eigenvalue weighted by Gasteiger charge is -1.92. The highest BCUT2D eigenvalue weighted by molar-refractivity contribution is 6.32. The second kappa shape index (κ2) is 2.88. The maximum atomic E-state index is 8.03. The molecular weight excluding hydrogens is 188 g/mol. The van der Waals surface area contributed by atoms with Gasteiger partial charge in [0.1, 0.15) is 5.71 Å². The van der Waals surface area contributed by atoms with E-state index in [9.17, 15) is 0 Å². The van der Waals surface area contributed by atoms with Gasteiger partial charge in [-0.05, 0) is 12.1 Å². The minimum atomic E-state index is 0.528. The van der Waals surface area contributed by atoms with Gasteiger partial charge in [-0.3, -0.25) is 10.5 Å². The average molecular weight is 197 g/mol. The molecule has 0 atom stereocenters. The van der Waals surface area contributed by atoms with E-state index in [1.807, 2.05) is 41.2 Å². The van der Waals surface area contributed by atoms with E-state index in [0.717, 1.165) is 17.0 Å². The van der Waals surface area contributed by atoms with E-state index in [0.29, 0.717) is 5.71 Å². The monoisotopic (exact) mass is 197 g/mol. The number of fused-ring (bicyclic) bond motifs is 1. The number of allylic oxidation sites excluding steroid dienone is 1. The normalized spacial score (nSPS) is 13.9. The Bertz CT molecular complexity index is 552. The van der Waals surface area contributed by atoms with Crippen molar-refractivity contribution in [2.24, 2.45) is 0 Å². The Balaban J connectivity index is 2.15. The first kappa shape index (κ1) is 8.11. The average Bonchev–Trinajstić information content (AvgIpc) is 2.87. The zero-order valence-electron chi connectivity index (χ0n) is 7.94. The van der Waals surface area contributed by atoms with E-state index in [2.05, 4.69) is 10.2 Å².